The molecule has 1 aromatic carbocycles. The molecule has 36 heteroatoms. The highest BCUT2D eigenvalue weighted by Gasteiger charge is 2.37. The summed E-state index contributed by atoms with van der Waals surface area (Å²) in [5.41, 5.74) is 17.7. The van der Waals surface area contributed by atoms with Gasteiger partial charge in [0.15, 0.2) is 0 Å². The Morgan fingerprint density at radius 3 is 1.58 bits per heavy atom. The van der Waals surface area contributed by atoms with Gasteiger partial charge in [0.25, 0.3) is 0 Å². The number of aromatic nitrogens is 2. The van der Waals surface area contributed by atoms with E-state index in [9.17, 15) is 87.5 Å². The van der Waals surface area contributed by atoms with E-state index in [-0.39, 0.29) is 49.6 Å². The van der Waals surface area contributed by atoms with Crippen molar-refractivity contribution in [2.75, 3.05) is 31.2 Å². The number of aromatic hydroxyl groups is 1. The van der Waals surface area contributed by atoms with Crippen LogP contribution >= 0.6 is 25.3 Å². The van der Waals surface area contributed by atoms with Gasteiger partial charge in [0.1, 0.15) is 66.2 Å². The number of thiol groups is 2. The summed E-state index contributed by atoms with van der Waals surface area (Å²) in [6.45, 7) is 5.76. The topological polar surface area (TPSA) is 559 Å². The Hall–Kier alpha value is -8.61. The number of aromatic amines is 1. The van der Waals surface area contributed by atoms with Gasteiger partial charge >= 0.3 is 11.9 Å². The van der Waals surface area contributed by atoms with Gasteiger partial charge < -0.3 is 101 Å². The van der Waals surface area contributed by atoms with Crippen molar-refractivity contribution in [1.29, 1.82) is 0 Å². The predicted octanol–water partition coefficient (Wildman–Crippen LogP) is -7.06. The molecule has 1 aromatic heterocycles. The number of benzene rings is 1. The number of unbranched alkanes of at least 4 members (excludes halogenated alkanes) is 1. The number of nitrogens with one attached hydrogen (secondary N) is 12. The largest absolute Gasteiger partial charge is 0.508 e. The fraction of sp³-hybridized carbons (Fsp3) is 0.566. The van der Waals surface area contributed by atoms with Crippen LogP contribution in [0.1, 0.15) is 78.0 Å². The third kappa shape index (κ3) is 27.1. The van der Waals surface area contributed by atoms with Crippen molar-refractivity contribution in [1.82, 2.24) is 68.5 Å². The van der Waals surface area contributed by atoms with E-state index in [0.29, 0.717) is 17.7 Å². The SMILES string of the molecule is CC(C)[C@H](N)C(=O)N[C@@H](Cc1cnc[nH]1)C(=O)N[C@@H](CO)C(=O)N[C@@H](CS)C(=O)N[C@@H](CC(=O)O)C(=O)N[C@@H](CCCCN)C(=O)N[C@@H](Cc1ccc(O)cc1)C(=O)NCC(=O)N[C@@H](CS)C(=O)N[C@H](C(=O)N[C@@H](CC(N)=O)C(=O)N[C@@H](C)C(=O)O)C(C)C. The first-order valence-electron chi connectivity index (χ1n) is 27.9. The summed E-state index contributed by atoms with van der Waals surface area (Å²) in [6, 6.07) is -11.5. The monoisotopic (exact) mass is 1290 g/mol. The standard InChI is InChI=1S/C53H82N16O18S2/c1-24(2)41(56)51(84)65-32(15-28-18-57-23-59-28)46(79)67-35(20-70)48(81)68-37(22-89)49(82)64-34(17-40(74)75)47(80)62-30(8-6-7-13-54)44(77)63-31(14-27-9-11-29(71)12-10-27)43(76)58-19-39(73)61-36(21-88)50(83)69-42(25(3)4)52(85)66-33(16-38(55)72)45(78)60-26(5)53(86)87/h9-12,18,23-26,30-37,41-42,70-71,88-89H,6-8,13-17,19-22,54,56H2,1-5H3,(H2,55,72)(H,57,59)(H,58,76)(H,60,78)(H,61,73)(H,62,80)(H,63,77)(H,64,82)(H,65,84)(H,66,85)(H,67,79)(H,68,81)(H,69,83)(H,74,75)(H,86,87)/t26-,30-,31-,32-,33-,34-,35-,36-,37-,41-,42-/m0/s1. The number of amides is 12. The van der Waals surface area contributed by atoms with E-state index in [2.05, 4.69) is 93.7 Å². The van der Waals surface area contributed by atoms with Crippen LogP contribution in [0.25, 0.3) is 0 Å². The summed E-state index contributed by atoms with van der Waals surface area (Å²) >= 11 is 8.26. The number of aliphatic carboxylic acids is 2. The minimum Gasteiger partial charge on any atom is -0.508 e. The van der Waals surface area contributed by atoms with Crippen molar-refractivity contribution in [3.05, 3.63) is 48.0 Å². The van der Waals surface area contributed by atoms with E-state index in [1.54, 1.807) is 13.8 Å². The van der Waals surface area contributed by atoms with Crippen molar-refractivity contribution < 1.29 is 87.5 Å². The molecule has 34 nitrogen and oxygen atoms in total. The van der Waals surface area contributed by atoms with Gasteiger partial charge in [-0.05, 0) is 62.3 Å². The molecule has 0 spiro atoms. The Morgan fingerprint density at radius 2 is 1.04 bits per heavy atom. The molecule has 494 valence electrons. The minimum atomic E-state index is -1.96. The zero-order chi connectivity index (χ0) is 67.2. The van der Waals surface area contributed by atoms with Crippen LogP contribution in [0.4, 0.5) is 0 Å². The molecule has 89 heavy (non-hydrogen) atoms. The zero-order valence-corrected chi connectivity index (χ0v) is 51.3. The molecule has 0 saturated heterocycles. The second kappa shape index (κ2) is 38.6. The molecule has 2 rings (SSSR count). The lowest BCUT2D eigenvalue weighted by Gasteiger charge is -2.27. The molecular formula is C53H82N16O18S2. The third-order valence-electron chi connectivity index (χ3n) is 13.1. The smallest absolute Gasteiger partial charge is 0.325 e. The second-order valence-corrected chi connectivity index (χ2v) is 21.8. The Bertz CT molecular complexity index is 2780. The van der Waals surface area contributed by atoms with Crippen molar-refractivity contribution in [3.8, 4) is 5.75 Å². The first-order valence-corrected chi connectivity index (χ1v) is 29.2. The molecule has 12 amide bonds. The summed E-state index contributed by atoms with van der Waals surface area (Å²) in [6.07, 6.45) is 0.696. The van der Waals surface area contributed by atoms with Gasteiger partial charge in [-0.25, -0.2) is 4.98 Å². The Balaban J connectivity index is 2.32. The summed E-state index contributed by atoms with van der Waals surface area (Å²) in [5.74, 6) is -17.4. The van der Waals surface area contributed by atoms with Crippen LogP contribution in [0.15, 0.2) is 36.8 Å². The van der Waals surface area contributed by atoms with Crippen LogP contribution in [0.3, 0.4) is 0 Å². The molecule has 0 aliphatic rings. The highest BCUT2D eigenvalue weighted by molar-refractivity contribution is 7.80. The number of nitrogens with zero attached hydrogens (tertiary/aromatic N) is 1. The lowest BCUT2D eigenvalue weighted by Crippen LogP contribution is -2.61. The van der Waals surface area contributed by atoms with E-state index in [1.165, 1.54) is 50.6 Å². The summed E-state index contributed by atoms with van der Waals surface area (Å²) in [7, 11) is 0. The molecular weight excluding hydrogens is 1210 g/mol. The van der Waals surface area contributed by atoms with Crippen LogP contribution in [-0.4, -0.2) is 211 Å². The average Bonchev–Trinajstić information content (AvgIpc) is 4.00. The molecule has 1 heterocycles. The van der Waals surface area contributed by atoms with E-state index < -0.39 is 187 Å². The summed E-state index contributed by atoms with van der Waals surface area (Å²) in [4.78, 5) is 191. The normalized spacial score (nSPS) is 14.8. The number of primary amides is 1. The van der Waals surface area contributed by atoms with E-state index in [4.69, 9.17) is 17.2 Å². The molecule has 11 atom stereocenters. The van der Waals surface area contributed by atoms with Crippen LogP contribution in [0.2, 0.25) is 0 Å². The number of carbonyl (C=O) groups is 14. The molecule has 0 radical (unpaired) electrons. The van der Waals surface area contributed by atoms with Crippen LogP contribution in [0.5, 0.6) is 5.75 Å². The number of rotatable bonds is 40. The van der Waals surface area contributed by atoms with Gasteiger partial charge in [-0.3, -0.25) is 67.1 Å². The Labute approximate surface area is 522 Å². The maximum Gasteiger partial charge on any atom is 0.325 e. The van der Waals surface area contributed by atoms with Gasteiger partial charge in [0.2, 0.25) is 70.9 Å². The zero-order valence-electron chi connectivity index (χ0n) is 49.5. The van der Waals surface area contributed by atoms with Crippen LogP contribution < -0.4 is 75.7 Å². The van der Waals surface area contributed by atoms with Crippen LogP contribution in [-0.2, 0) is 80.0 Å². The molecule has 0 fully saturated rings. The molecule has 0 aliphatic carbocycles. The Kier molecular flexibility index (Phi) is 33.2. The number of carboxylic acid groups (broad SMARTS) is 2. The minimum absolute atomic E-state index is 0.125. The number of aliphatic hydroxyl groups excluding tert-OH is 1. The molecule has 0 aliphatic heterocycles. The number of hydrogen-bond acceptors (Lipinski definition) is 21. The van der Waals surface area contributed by atoms with Gasteiger partial charge in [0.05, 0.1) is 38.4 Å². The van der Waals surface area contributed by atoms with E-state index in [1.807, 2.05) is 0 Å². The number of aliphatic hydroxyl groups is 1. The maximum absolute atomic E-state index is 14.2. The number of H-pyrrole nitrogens is 1. The predicted molar refractivity (Wildman–Crippen MR) is 321 cm³/mol. The van der Waals surface area contributed by atoms with Crippen molar-refractivity contribution in [3.63, 3.8) is 0 Å². The first kappa shape index (κ1) is 76.5. The van der Waals surface area contributed by atoms with Crippen molar-refractivity contribution >= 4 is 108 Å². The average molecular weight is 1300 g/mol. The maximum atomic E-state index is 14.2. The van der Waals surface area contributed by atoms with Gasteiger partial charge in [-0.1, -0.05) is 39.8 Å². The highest BCUT2D eigenvalue weighted by Crippen LogP contribution is 2.14. The molecule has 22 N–H and O–H groups in total. The van der Waals surface area contributed by atoms with Crippen molar-refractivity contribution in [2.45, 2.75) is 146 Å². The van der Waals surface area contributed by atoms with E-state index in [0.717, 1.165) is 6.92 Å². The van der Waals surface area contributed by atoms with Gasteiger partial charge in [-0.15, -0.1) is 0 Å². The van der Waals surface area contributed by atoms with E-state index >= 15 is 0 Å². The molecule has 0 bridgehead atoms. The van der Waals surface area contributed by atoms with Crippen molar-refractivity contribution in [2.24, 2.45) is 29.0 Å². The highest BCUT2D eigenvalue weighted by atomic mass is 32.1. The number of hydrogen-bond donors (Lipinski definition) is 21. The second-order valence-electron chi connectivity index (χ2n) is 21.1. The first-order chi connectivity index (χ1) is 41.8. The number of nitrogens with two attached hydrogens (primary N) is 3. The van der Waals surface area contributed by atoms with Crippen LogP contribution in [0, 0.1) is 11.8 Å². The van der Waals surface area contributed by atoms with Gasteiger partial charge in [-0.2, -0.15) is 25.3 Å². The number of carbonyl (C=O) groups excluding carboxylic acids is 12. The van der Waals surface area contributed by atoms with Gasteiger partial charge in [0, 0.05) is 36.2 Å². The summed E-state index contributed by atoms with van der Waals surface area (Å²) in [5, 5.41) is 64.9. The fourth-order valence-corrected chi connectivity index (χ4v) is 8.45. The lowest BCUT2D eigenvalue weighted by atomic mass is 10.0. The number of carboxylic acids is 2. The fourth-order valence-electron chi connectivity index (χ4n) is 7.94. The third-order valence-corrected chi connectivity index (χ3v) is 13.9. The number of imidazole rings is 1. The number of phenolic OH excluding ortho intramolecular Hbond substituents is 1. The lowest BCUT2D eigenvalue weighted by molar-refractivity contribution is -0.142. The Morgan fingerprint density at radius 1 is 0.562 bits per heavy atom. The summed E-state index contributed by atoms with van der Waals surface area (Å²) < 4.78 is 0. The molecule has 0 unspecified atom stereocenters. The quantitative estimate of drug-likeness (QED) is 0.0218. The number of phenols is 1. The molecule has 2 aromatic rings. The molecule has 0 saturated carbocycles.